The van der Waals surface area contributed by atoms with E-state index >= 15 is 0 Å². The number of morpholine rings is 1. The van der Waals surface area contributed by atoms with Crippen LogP contribution in [0.2, 0.25) is 0 Å². The van der Waals surface area contributed by atoms with E-state index in [0.717, 1.165) is 39.2 Å². The molecular formula is C20H31N3O2. The molecule has 2 heterocycles. The zero-order chi connectivity index (χ0) is 17.6. The number of carbonyl (C=O) groups excluding carboxylic acids is 1. The molecule has 1 aromatic carbocycles. The summed E-state index contributed by atoms with van der Waals surface area (Å²) in [5.74, 6) is 0.0381. The molecule has 0 spiro atoms. The molecule has 1 aromatic rings. The molecule has 1 atom stereocenters. The number of aryl methyl sites for hydroxylation is 1. The zero-order valence-corrected chi connectivity index (χ0v) is 15.5. The average Bonchev–Trinajstić information content (AvgIpc) is 2.62. The molecule has 138 valence electrons. The zero-order valence-electron chi connectivity index (χ0n) is 15.5. The van der Waals surface area contributed by atoms with E-state index in [0.29, 0.717) is 12.6 Å². The number of benzene rings is 1. The number of hydrogen-bond donors (Lipinski definition) is 1. The Morgan fingerprint density at radius 3 is 2.60 bits per heavy atom. The lowest BCUT2D eigenvalue weighted by Gasteiger charge is -2.43. The molecule has 2 saturated heterocycles. The summed E-state index contributed by atoms with van der Waals surface area (Å²) < 4.78 is 5.88. The molecular weight excluding hydrogens is 314 g/mol. The van der Waals surface area contributed by atoms with E-state index in [9.17, 15) is 4.79 Å². The fourth-order valence-electron chi connectivity index (χ4n) is 3.90. The third-order valence-corrected chi connectivity index (χ3v) is 5.39. The van der Waals surface area contributed by atoms with Gasteiger partial charge in [-0.1, -0.05) is 17.7 Å². The van der Waals surface area contributed by atoms with Crippen LogP contribution in [0.3, 0.4) is 0 Å². The molecule has 0 saturated carbocycles. The Labute approximate surface area is 151 Å². The minimum atomic E-state index is 0.0381. The van der Waals surface area contributed by atoms with Gasteiger partial charge in [-0.25, -0.2) is 0 Å². The fraction of sp³-hybridized carbons (Fsp3) is 0.650. The van der Waals surface area contributed by atoms with Crippen LogP contribution in [0.25, 0.3) is 0 Å². The van der Waals surface area contributed by atoms with E-state index in [-0.39, 0.29) is 12.0 Å². The Bertz CT molecular complexity index is 553. The maximum Gasteiger partial charge on any atom is 0.216 e. The van der Waals surface area contributed by atoms with E-state index in [4.69, 9.17) is 4.74 Å². The standard InChI is InChI=1S/C20H31N3O2/c1-16-3-5-18(6-4-16)22-11-8-19(9-12-22)23-13-14-25-20(15-23)7-10-21-17(2)24/h3-6,19-20H,7-15H2,1-2H3,(H,21,24)/t20-/m1/s1. The van der Waals surface area contributed by atoms with Crippen molar-refractivity contribution in [2.75, 3.05) is 44.2 Å². The molecule has 3 rings (SSSR count). The summed E-state index contributed by atoms with van der Waals surface area (Å²) in [5, 5.41) is 2.87. The van der Waals surface area contributed by atoms with Gasteiger partial charge in [-0.15, -0.1) is 0 Å². The molecule has 2 aliphatic heterocycles. The summed E-state index contributed by atoms with van der Waals surface area (Å²) in [6.45, 7) is 9.50. The molecule has 5 heteroatoms. The van der Waals surface area contributed by atoms with Crippen molar-refractivity contribution in [3.63, 3.8) is 0 Å². The second-order valence-electron chi connectivity index (χ2n) is 7.31. The van der Waals surface area contributed by atoms with Gasteiger partial charge in [0.25, 0.3) is 0 Å². The molecule has 0 unspecified atom stereocenters. The Morgan fingerprint density at radius 1 is 1.20 bits per heavy atom. The summed E-state index contributed by atoms with van der Waals surface area (Å²) in [5.41, 5.74) is 2.66. The average molecular weight is 345 g/mol. The number of carbonyl (C=O) groups is 1. The Kier molecular flexibility index (Phi) is 6.32. The quantitative estimate of drug-likeness (QED) is 0.889. The second kappa shape index (κ2) is 8.68. The third-order valence-electron chi connectivity index (χ3n) is 5.39. The van der Waals surface area contributed by atoms with Gasteiger partial charge in [0.1, 0.15) is 0 Å². The van der Waals surface area contributed by atoms with Crippen molar-refractivity contribution < 1.29 is 9.53 Å². The molecule has 0 aliphatic carbocycles. The van der Waals surface area contributed by atoms with Gasteiger partial charge in [0.05, 0.1) is 12.7 Å². The first-order valence-corrected chi connectivity index (χ1v) is 9.53. The first kappa shape index (κ1) is 18.2. The number of anilines is 1. The molecule has 5 nitrogen and oxygen atoms in total. The van der Waals surface area contributed by atoms with Crippen molar-refractivity contribution in [3.8, 4) is 0 Å². The van der Waals surface area contributed by atoms with Crippen LogP contribution in [0.4, 0.5) is 5.69 Å². The van der Waals surface area contributed by atoms with Crippen LogP contribution in [-0.4, -0.2) is 62.3 Å². The predicted molar refractivity (Wildman–Crippen MR) is 101 cm³/mol. The van der Waals surface area contributed by atoms with Crippen molar-refractivity contribution in [1.82, 2.24) is 10.2 Å². The number of ether oxygens (including phenoxy) is 1. The van der Waals surface area contributed by atoms with E-state index in [1.807, 2.05) is 0 Å². The fourth-order valence-corrected chi connectivity index (χ4v) is 3.90. The maximum absolute atomic E-state index is 11.0. The summed E-state index contributed by atoms with van der Waals surface area (Å²) in [6, 6.07) is 9.53. The van der Waals surface area contributed by atoms with Crippen LogP contribution in [0.5, 0.6) is 0 Å². The van der Waals surface area contributed by atoms with Gasteiger partial charge in [-0.2, -0.15) is 0 Å². The molecule has 2 aliphatic rings. The highest BCUT2D eigenvalue weighted by Gasteiger charge is 2.29. The normalized spacial score (nSPS) is 22.8. The number of nitrogens with zero attached hydrogens (tertiary/aromatic N) is 2. The Hall–Kier alpha value is -1.59. The van der Waals surface area contributed by atoms with Crippen molar-refractivity contribution in [1.29, 1.82) is 0 Å². The number of nitrogens with one attached hydrogen (secondary N) is 1. The number of rotatable bonds is 5. The molecule has 1 amide bonds. The van der Waals surface area contributed by atoms with Crippen molar-refractivity contribution in [2.45, 2.75) is 45.3 Å². The van der Waals surface area contributed by atoms with Crippen LogP contribution in [0.1, 0.15) is 31.7 Å². The smallest absolute Gasteiger partial charge is 0.216 e. The van der Waals surface area contributed by atoms with Crippen LogP contribution < -0.4 is 10.2 Å². The van der Waals surface area contributed by atoms with Crippen LogP contribution in [-0.2, 0) is 9.53 Å². The van der Waals surface area contributed by atoms with E-state index < -0.39 is 0 Å². The third kappa shape index (κ3) is 5.19. The molecule has 2 fully saturated rings. The van der Waals surface area contributed by atoms with Gasteiger partial charge in [0, 0.05) is 51.4 Å². The van der Waals surface area contributed by atoms with Gasteiger partial charge >= 0.3 is 0 Å². The summed E-state index contributed by atoms with van der Waals surface area (Å²) in [6.07, 6.45) is 3.58. The Morgan fingerprint density at radius 2 is 1.92 bits per heavy atom. The van der Waals surface area contributed by atoms with Gasteiger partial charge < -0.3 is 15.0 Å². The van der Waals surface area contributed by atoms with Gasteiger partial charge in [0.15, 0.2) is 0 Å². The lowest BCUT2D eigenvalue weighted by Crippen LogP contribution is -2.52. The lowest BCUT2D eigenvalue weighted by molar-refractivity contribution is -0.119. The van der Waals surface area contributed by atoms with E-state index in [1.54, 1.807) is 6.92 Å². The van der Waals surface area contributed by atoms with Crippen LogP contribution in [0.15, 0.2) is 24.3 Å². The van der Waals surface area contributed by atoms with E-state index in [1.165, 1.54) is 24.1 Å². The first-order chi connectivity index (χ1) is 12.1. The SMILES string of the molecule is CC(=O)NCC[C@@H]1CN(C2CCN(c3ccc(C)cc3)CC2)CCO1. The summed E-state index contributed by atoms with van der Waals surface area (Å²) in [4.78, 5) is 16.1. The first-order valence-electron chi connectivity index (χ1n) is 9.53. The molecule has 0 aromatic heterocycles. The highest BCUT2D eigenvalue weighted by Crippen LogP contribution is 2.24. The molecule has 0 bridgehead atoms. The lowest BCUT2D eigenvalue weighted by atomic mass is 10.0. The van der Waals surface area contributed by atoms with Crippen LogP contribution in [0, 0.1) is 6.92 Å². The van der Waals surface area contributed by atoms with Crippen molar-refractivity contribution >= 4 is 11.6 Å². The monoisotopic (exact) mass is 345 g/mol. The van der Waals surface area contributed by atoms with Gasteiger partial charge in [-0.3, -0.25) is 9.69 Å². The molecule has 1 N–H and O–H groups in total. The van der Waals surface area contributed by atoms with E-state index in [2.05, 4.69) is 46.3 Å². The summed E-state index contributed by atoms with van der Waals surface area (Å²) >= 11 is 0. The van der Waals surface area contributed by atoms with Gasteiger partial charge in [0.2, 0.25) is 5.91 Å². The van der Waals surface area contributed by atoms with Crippen molar-refractivity contribution in [2.24, 2.45) is 0 Å². The molecule has 0 radical (unpaired) electrons. The van der Waals surface area contributed by atoms with Crippen LogP contribution >= 0.6 is 0 Å². The maximum atomic E-state index is 11.0. The predicted octanol–water partition coefficient (Wildman–Crippen LogP) is 2.19. The second-order valence-corrected chi connectivity index (χ2v) is 7.31. The molecule has 25 heavy (non-hydrogen) atoms. The number of hydrogen-bond acceptors (Lipinski definition) is 4. The topological polar surface area (TPSA) is 44.8 Å². The highest BCUT2D eigenvalue weighted by atomic mass is 16.5. The summed E-state index contributed by atoms with van der Waals surface area (Å²) in [7, 11) is 0. The number of piperidine rings is 1. The van der Waals surface area contributed by atoms with Crippen molar-refractivity contribution in [3.05, 3.63) is 29.8 Å². The largest absolute Gasteiger partial charge is 0.375 e. The highest BCUT2D eigenvalue weighted by molar-refractivity contribution is 5.72. The Balaban J connectivity index is 1.45. The minimum Gasteiger partial charge on any atom is -0.375 e. The minimum absolute atomic E-state index is 0.0381. The van der Waals surface area contributed by atoms with Gasteiger partial charge in [-0.05, 0) is 38.3 Å². The number of amides is 1.